The standard InChI is InChI=1S/C15H15N5O/c1-3-7-17-11-6-4-5-10(13(11)21-2)14-19-12-8-16-9-18-15(12)20-14/h3-6,8-9,17H,1,7H2,2H3,(H,16,18,19,20). The van der Waals surface area contributed by atoms with Gasteiger partial charge >= 0.3 is 0 Å². The fourth-order valence-electron chi connectivity index (χ4n) is 2.15. The second-order valence-electron chi connectivity index (χ2n) is 4.40. The number of imidazole rings is 1. The van der Waals surface area contributed by atoms with Gasteiger partial charge in [0.05, 0.1) is 24.6 Å². The van der Waals surface area contributed by atoms with Gasteiger partial charge in [-0.25, -0.2) is 15.0 Å². The van der Waals surface area contributed by atoms with E-state index in [1.54, 1.807) is 19.4 Å². The van der Waals surface area contributed by atoms with Crippen LogP contribution in [0.5, 0.6) is 5.75 Å². The largest absolute Gasteiger partial charge is 0.494 e. The first-order valence-electron chi connectivity index (χ1n) is 6.51. The molecule has 0 bridgehead atoms. The van der Waals surface area contributed by atoms with E-state index in [0.717, 1.165) is 22.5 Å². The Morgan fingerprint density at radius 1 is 1.43 bits per heavy atom. The Hall–Kier alpha value is -2.89. The van der Waals surface area contributed by atoms with E-state index in [0.29, 0.717) is 18.0 Å². The summed E-state index contributed by atoms with van der Waals surface area (Å²) in [6.45, 7) is 4.36. The summed E-state index contributed by atoms with van der Waals surface area (Å²) in [5, 5.41) is 3.25. The molecule has 2 aromatic heterocycles. The van der Waals surface area contributed by atoms with Crippen molar-refractivity contribution in [1.82, 2.24) is 19.9 Å². The van der Waals surface area contributed by atoms with E-state index < -0.39 is 0 Å². The minimum absolute atomic E-state index is 0.658. The van der Waals surface area contributed by atoms with Crippen molar-refractivity contribution in [3.8, 4) is 17.1 Å². The van der Waals surface area contributed by atoms with Gasteiger partial charge in [-0.3, -0.25) is 0 Å². The lowest BCUT2D eigenvalue weighted by Gasteiger charge is -2.12. The van der Waals surface area contributed by atoms with Crippen LogP contribution in [0.15, 0.2) is 43.4 Å². The summed E-state index contributed by atoms with van der Waals surface area (Å²) >= 11 is 0. The fourth-order valence-corrected chi connectivity index (χ4v) is 2.15. The van der Waals surface area contributed by atoms with Gasteiger partial charge in [-0.2, -0.15) is 0 Å². The third kappa shape index (κ3) is 2.43. The zero-order valence-electron chi connectivity index (χ0n) is 11.6. The third-order valence-electron chi connectivity index (χ3n) is 3.07. The van der Waals surface area contributed by atoms with Crippen molar-refractivity contribution < 1.29 is 4.74 Å². The van der Waals surface area contributed by atoms with Gasteiger partial charge < -0.3 is 15.0 Å². The highest BCUT2D eigenvalue weighted by molar-refractivity contribution is 5.80. The predicted octanol–water partition coefficient (Wildman–Crippen LogP) is 2.63. The maximum atomic E-state index is 5.53. The van der Waals surface area contributed by atoms with Crippen molar-refractivity contribution in [1.29, 1.82) is 0 Å². The second kappa shape index (κ2) is 5.62. The number of methoxy groups -OCH3 is 1. The van der Waals surface area contributed by atoms with Crippen molar-refractivity contribution in [3.63, 3.8) is 0 Å². The molecule has 0 aliphatic rings. The molecule has 0 atom stereocenters. The molecule has 0 fully saturated rings. The minimum Gasteiger partial charge on any atom is -0.494 e. The van der Waals surface area contributed by atoms with Gasteiger partial charge in [-0.05, 0) is 12.1 Å². The Bertz CT molecular complexity index is 748. The van der Waals surface area contributed by atoms with E-state index in [4.69, 9.17) is 4.74 Å². The van der Waals surface area contributed by atoms with Crippen molar-refractivity contribution in [2.24, 2.45) is 0 Å². The molecule has 3 aromatic rings. The Kier molecular flexibility index (Phi) is 3.51. The van der Waals surface area contributed by atoms with Crippen LogP contribution in [0.25, 0.3) is 22.6 Å². The molecular formula is C15H15N5O. The van der Waals surface area contributed by atoms with E-state index in [1.165, 1.54) is 6.33 Å². The number of benzene rings is 1. The average molecular weight is 281 g/mol. The number of anilines is 1. The molecule has 1 aromatic carbocycles. The van der Waals surface area contributed by atoms with Crippen molar-refractivity contribution in [3.05, 3.63) is 43.4 Å². The summed E-state index contributed by atoms with van der Waals surface area (Å²) in [6.07, 6.45) is 4.96. The minimum atomic E-state index is 0.658. The van der Waals surface area contributed by atoms with Gasteiger partial charge in [0.15, 0.2) is 11.4 Å². The number of aromatic amines is 1. The van der Waals surface area contributed by atoms with Crippen molar-refractivity contribution in [2.45, 2.75) is 0 Å². The molecule has 106 valence electrons. The summed E-state index contributed by atoms with van der Waals surface area (Å²) in [7, 11) is 1.64. The van der Waals surface area contributed by atoms with Gasteiger partial charge in [0.1, 0.15) is 17.7 Å². The Balaban J connectivity index is 2.10. The number of aromatic nitrogens is 4. The molecular weight excluding hydrogens is 266 g/mol. The van der Waals surface area contributed by atoms with Gasteiger partial charge in [0, 0.05) is 6.54 Å². The summed E-state index contributed by atoms with van der Waals surface area (Å²) < 4.78 is 5.53. The van der Waals surface area contributed by atoms with Crippen LogP contribution in [-0.4, -0.2) is 33.6 Å². The molecule has 0 spiro atoms. The quantitative estimate of drug-likeness (QED) is 0.703. The van der Waals surface area contributed by atoms with E-state index in [1.807, 2.05) is 18.2 Å². The highest BCUT2D eigenvalue weighted by Crippen LogP contribution is 2.35. The van der Waals surface area contributed by atoms with Crippen LogP contribution in [-0.2, 0) is 0 Å². The van der Waals surface area contributed by atoms with E-state index in [2.05, 4.69) is 31.8 Å². The number of nitrogens with zero attached hydrogens (tertiary/aromatic N) is 3. The number of H-pyrrole nitrogens is 1. The summed E-state index contributed by atoms with van der Waals surface area (Å²) in [5.74, 6) is 1.43. The average Bonchev–Trinajstić information content (AvgIpc) is 2.96. The zero-order valence-corrected chi connectivity index (χ0v) is 11.6. The third-order valence-corrected chi connectivity index (χ3v) is 3.07. The van der Waals surface area contributed by atoms with Crippen LogP contribution < -0.4 is 10.1 Å². The predicted molar refractivity (Wildman–Crippen MR) is 82.4 cm³/mol. The lowest BCUT2D eigenvalue weighted by atomic mass is 10.1. The monoisotopic (exact) mass is 281 g/mol. The maximum Gasteiger partial charge on any atom is 0.161 e. The lowest BCUT2D eigenvalue weighted by Crippen LogP contribution is -2.01. The SMILES string of the molecule is C=CCNc1cccc(-c2nc3cncnc3[nH]2)c1OC. The van der Waals surface area contributed by atoms with E-state index in [-0.39, 0.29) is 0 Å². The molecule has 0 aliphatic heterocycles. The topological polar surface area (TPSA) is 75.7 Å². The van der Waals surface area contributed by atoms with Gasteiger partial charge in [0.2, 0.25) is 0 Å². The molecule has 0 unspecified atom stereocenters. The van der Waals surface area contributed by atoms with Crippen molar-refractivity contribution >= 4 is 16.9 Å². The zero-order chi connectivity index (χ0) is 14.7. The molecule has 6 heteroatoms. The number of ether oxygens (including phenoxy) is 1. The highest BCUT2D eigenvalue weighted by atomic mass is 16.5. The molecule has 2 heterocycles. The second-order valence-corrected chi connectivity index (χ2v) is 4.40. The first-order valence-corrected chi connectivity index (χ1v) is 6.51. The molecule has 6 nitrogen and oxygen atoms in total. The number of hydrogen-bond donors (Lipinski definition) is 2. The Morgan fingerprint density at radius 2 is 2.33 bits per heavy atom. The Labute approximate surface area is 121 Å². The van der Waals surface area contributed by atoms with Crippen LogP contribution in [0, 0.1) is 0 Å². The molecule has 0 radical (unpaired) electrons. The number of nitrogens with one attached hydrogen (secondary N) is 2. The lowest BCUT2D eigenvalue weighted by molar-refractivity contribution is 0.418. The molecule has 0 amide bonds. The molecule has 0 saturated heterocycles. The fraction of sp³-hybridized carbons (Fsp3) is 0.133. The van der Waals surface area contributed by atoms with E-state index >= 15 is 0 Å². The van der Waals surface area contributed by atoms with Crippen LogP contribution in [0.4, 0.5) is 5.69 Å². The number of fused-ring (bicyclic) bond motifs is 1. The van der Waals surface area contributed by atoms with Crippen LogP contribution in [0.1, 0.15) is 0 Å². The highest BCUT2D eigenvalue weighted by Gasteiger charge is 2.14. The van der Waals surface area contributed by atoms with Crippen LogP contribution >= 0.6 is 0 Å². The summed E-state index contributed by atoms with van der Waals surface area (Å²) in [5.41, 5.74) is 3.18. The van der Waals surface area contributed by atoms with Crippen LogP contribution in [0.3, 0.4) is 0 Å². The molecule has 2 N–H and O–H groups in total. The molecule has 3 rings (SSSR count). The smallest absolute Gasteiger partial charge is 0.161 e. The summed E-state index contributed by atoms with van der Waals surface area (Å²) in [6, 6.07) is 5.85. The van der Waals surface area contributed by atoms with Gasteiger partial charge in [-0.15, -0.1) is 6.58 Å². The van der Waals surface area contributed by atoms with Crippen molar-refractivity contribution in [2.75, 3.05) is 19.0 Å². The normalized spacial score (nSPS) is 10.5. The first kappa shape index (κ1) is 13.1. The number of rotatable bonds is 5. The molecule has 0 saturated carbocycles. The first-order chi connectivity index (χ1) is 10.3. The van der Waals surface area contributed by atoms with Crippen LogP contribution in [0.2, 0.25) is 0 Å². The van der Waals surface area contributed by atoms with Gasteiger partial charge in [-0.1, -0.05) is 12.1 Å². The number of hydrogen-bond acceptors (Lipinski definition) is 5. The molecule has 21 heavy (non-hydrogen) atoms. The maximum absolute atomic E-state index is 5.53. The van der Waals surface area contributed by atoms with Gasteiger partial charge in [0.25, 0.3) is 0 Å². The number of para-hydroxylation sites is 1. The summed E-state index contributed by atoms with van der Waals surface area (Å²) in [4.78, 5) is 15.8. The molecule has 0 aliphatic carbocycles. The Morgan fingerprint density at radius 3 is 3.10 bits per heavy atom. The van der Waals surface area contributed by atoms with E-state index in [9.17, 15) is 0 Å².